The maximum Gasteiger partial charge on any atom is 0.210 e. The van der Waals surface area contributed by atoms with Crippen LogP contribution in [-0.2, 0) is 12.4 Å². The van der Waals surface area contributed by atoms with Gasteiger partial charge in [0.2, 0.25) is 5.16 Å². The van der Waals surface area contributed by atoms with Crippen molar-refractivity contribution in [1.82, 2.24) is 20.0 Å². The van der Waals surface area contributed by atoms with Gasteiger partial charge in [0.15, 0.2) is 11.6 Å². The van der Waals surface area contributed by atoms with Gasteiger partial charge in [0, 0.05) is 17.4 Å². The quantitative estimate of drug-likeness (QED) is 0.364. The number of nitrogen functional groups attached to an aromatic ring is 1. The van der Waals surface area contributed by atoms with Crippen molar-refractivity contribution in [3.05, 3.63) is 77.2 Å². The second kappa shape index (κ2) is 8.40. The van der Waals surface area contributed by atoms with Gasteiger partial charge < -0.3 is 15.1 Å². The molecule has 2 N–H and O–H groups in total. The number of thioether (sulfide) groups is 1. The highest BCUT2D eigenvalue weighted by atomic mass is 32.2. The van der Waals surface area contributed by atoms with Gasteiger partial charge in [-0.3, -0.25) is 0 Å². The minimum atomic E-state index is 0.248. The summed E-state index contributed by atoms with van der Waals surface area (Å²) in [5, 5.41) is 13.0. The van der Waals surface area contributed by atoms with Crippen molar-refractivity contribution < 1.29 is 9.26 Å². The fourth-order valence-corrected chi connectivity index (χ4v) is 3.68. The fraction of sp³-hybridized carbons (Fsp3) is 0.190. The molecule has 4 aromatic rings. The molecule has 148 valence electrons. The van der Waals surface area contributed by atoms with Crippen molar-refractivity contribution in [3.63, 3.8) is 0 Å². The molecule has 0 fully saturated rings. The Bertz CT molecular complexity index is 1090. The van der Waals surface area contributed by atoms with E-state index in [0.717, 1.165) is 33.9 Å². The number of aryl methyl sites for hydroxylation is 2. The molecule has 7 nitrogen and oxygen atoms in total. The molecule has 8 heteroatoms. The van der Waals surface area contributed by atoms with Crippen LogP contribution in [0.4, 0.5) is 0 Å². The van der Waals surface area contributed by atoms with E-state index in [0.29, 0.717) is 16.7 Å². The summed E-state index contributed by atoms with van der Waals surface area (Å²) in [5.41, 5.74) is 3.94. The van der Waals surface area contributed by atoms with Crippen molar-refractivity contribution in [2.24, 2.45) is 0 Å². The van der Waals surface area contributed by atoms with E-state index in [2.05, 4.69) is 15.4 Å². The molecule has 4 rings (SSSR count). The SMILES string of the molecule is Cc1cccc(C)c1OCc1nnc(SCc2cc(-c3ccccc3)on2)n1N. The molecule has 2 heterocycles. The van der Waals surface area contributed by atoms with E-state index in [9.17, 15) is 0 Å². The van der Waals surface area contributed by atoms with E-state index in [1.807, 2.05) is 68.4 Å². The third-order valence-corrected chi connectivity index (χ3v) is 5.43. The van der Waals surface area contributed by atoms with E-state index in [4.69, 9.17) is 15.1 Å². The van der Waals surface area contributed by atoms with E-state index < -0.39 is 0 Å². The highest BCUT2D eigenvalue weighted by Crippen LogP contribution is 2.26. The molecule has 0 saturated heterocycles. The molecule has 0 bridgehead atoms. The molecule has 0 aliphatic rings. The summed E-state index contributed by atoms with van der Waals surface area (Å²) in [6, 6.07) is 17.8. The van der Waals surface area contributed by atoms with Crippen LogP contribution in [0.5, 0.6) is 5.75 Å². The molecule has 2 aromatic heterocycles. The van der Waals surface area contributed by atoms with Crippen LogP contribution < -0.4 is 10.6 Å². The molecule has 0 radical (unpaired) electrons. The Morgan fingerprint density at radius 3 is 2.55 bits per heavy atom. The van der Waals surface area contributed by atoms with Gasteiger partial charge in [0.05, 0.1) is 5.69 Å². The molecule has 0 aliphatic heterocycles. The Balaban J connectivity index is 1.39. The zero-order chi connectivity index (χ0) is 20.2. The molecule has 0 saturated carbocycles. The third kappa shape index (κ3) is 4.27. The molecule has 0 aliphatic carbocycles. The number of nitrogens with zero attached hydrogens (tertiary/aromatic N) is 4. The van der Waals surface area contributed by atoms with E-state index >= 15 is 0 Å². The predicted octanol–water partition coefficient (Wildman–Crippen LogP) is 4.14. The van der Waals surface area contributed by atoms with Gasteiger partial charge in [0.1, 0.15) is 12.4 Å². The van der Waals surface area contributed by atoms with E-state index in [1.165, 1.54) is 16.4 Å². The van der Waals surface area contributed by atoms with Gasteiger partial charge in [0.25, 0.3) is 0 Å². The van der Waals surface area contributed by atoms with Gasteiger partial charge in [-0.25, -0.2) is 4.68 Å². The number of aromatic nitrogens is 4. The molecule has 29 heavy (non-hydrogen) atoms. The number of rotatable bonds is 7. The Labute approximate surface area is 172 Å². The number of hydrogen-bond acceptors (Lipinski definition) is 7. The Kier molecular flexibility index (Phi) is 5.53. The number of hydrogen-bond donors (Lipinski definition) is 1. The lowest BCUT2D eigenvalue weighted by atomic mass is 10.1. The first-order valence-electron chi connectivity index (χ1n) is 9.14. The van der Waals surface area contributed by atoms with Crippen LogP contribution in [0.3, 0.4) is 0 Å². The monoisotopic (exact) mass is 407 g/mol. The van der Waals surface area contributed by atoms with Crippen molar-refractivity contribution in [2.75, 3.05) is 5.84 Å². The van der Waals surface area contributed by atoms with Crippen molar-refractivity contribution >= 4 is 11.8 Å². The summed E-state index contributed by atoms with van der Waals surface area (Å²) >= 11 is 1.44. The lowest BCUT2D eigenvalue weighted by molar-refractivity contribution is 0.288. The smallest absolute Gasteiger partial charge is 0.210 e. The van der Waals surface area contributed by atoms with Crippen LogP contribution >= 0.6 is 11.8 Å². The summed E-state index contributed by atoms with van der Waals surface area (Å²) in [4.78, 5) is 0. The Hall–Kier alpha value is -3.26. The molecular weight excluding hydrogens is 386 g/mol. The maximum atomic E-state index is 6.15. The molecule has 0 spiro atoms. The lowest BCUT2D eigenvalue weighted by Crippen LogP contribution is -2.16. The first kappa shape index (κ1) is 19.1. The standard InChI is InChI=1S/C21H21N5O2S/c1-14-7-6-8-15(2)20(14)27-12-19-23-24-21(26(19)22)29-13-17-11-18(28-25-17)16-9-4-3-5-10-16/h3-11H,12-13,22H2,1-2H3. The largest absolute Gasteiger partial charge is 0.485 e. The predicted molar refractivity (Wildman–Crippen MR) is 112 cm³/mol. The maximum absolute atomic E-state index is 6.15. The summed E-state index contributed by atoms with van der Waals surface area (Å²) in [6.07, 6.45) is 0. The van der Waals surface area contributed by atoms with Gasteiger partial charge in [-0.15, -0.1) is 10.2 Å². The lowest BCUT2D eigenvalue weighted by Gasteiger charge is -2.11. The summed E-state index contributed by atoms with van der Waals surface area (Å²) in [6.45, 7) is 4.27. The summed E-state index contributed by atoms with van der Waals surface area (Å²) in [7, 11) is 0. The minimum Gasteiger partial charge on any atom is -0.485 e. The fourth-order valence-electron chi connectivity index (χ4n) is 2.92. The second-order valence-corrected chi connectivity index (χ2v) is 7.56. The molecule has 0 unspecified atom stereocenters. The zero-order valence-electron chi connectivity index (χ0n) is 16.2. The van der Waals surface area contributed by atoms with Crippen molar-refractivity contribution in [3.8, 4) is 17.1 Å². The number of benzene rings is 2. The van der Waals surface area contributed by atoms with Crippen molar-refractivity contribution in [1.29, 1.82) is 0 Å². The van der Waals surface area contributed by atoms with Crippen LogP contribution in [0, 0.1) is 13.8 Å². The molecule has 2 aromatic carbocycles. The second-order valence-electron chi connectivity index (χ2n) is 6.62. The highest BCUT2D eigenvalue weighted by molar-refractivity contribution is 7.98. The number of ether oxygens (including phenoxy) is 1. The zero-order valence-corrected chi connectivity index (χ0v) is 17.0. The van der Waals surface area contributed by atoms with Crippen LogP contribution in [-0.4, -0.2) is 20.0 Å². The third-order valence-electron chi connectivity index (χ3n) is 4.46. The van der Waals surface area contributed by atoms with Gasteiger partial charge in [-0.2, -0.15) is 0 Å². The first-order chi connectivity index (χ1) is 14.1. The highest BCUT2D eigenvalue weighted by Gasteiger charge is 2.14. The Morgan fingerprint density at radius 1 is 1.03 bits per heavy atom. The van der Waals surface area contributed by atoms with E-state index in [-0.39, 0.29) is 6.61 Å². The topological polar surface area (TPSA) is 92.0 Å². The minimum absolute atomic E-state index is 0.248. The van der Waals surface area contributed by atoms with E-state index in [1.54, 1.807) is 0 Å². The average molecular weight is 407 g/mol. The summed E-state index contributed by atoms with van der Waals surface area (Å²) < 4.78 is 12.8. The van der Waals surface area contributed by atoms with Gasteiger partial charge in [-0.05, 0) is 25.0 Å². The molecule has 0 atom stereocenters. The van der Waals surface area contributed by atoms with Crippen molar-refractivity contribution in [2.45, 2.75) is 31.4 Å². The number of para-hydroxylation sites is 1. The van der Waals surface area contributed by atoms with Crippen LogP contribution in [0.25, 0.3) is 11.3 Å². The molecular formula is C21H21N5O2S. The summed E-state index contributed by atoms with van der Waals surface area (Å²) in [5.74, 6) is 8.86. The average Bonchev–Trinajstić information content (AvgIpc) is 3.34. The number of nitrogens with two attached hydrogens (primary N) is 1. The van der Waals surface area contributed by atoms with Crippen LogP contribution in [0.2, 0.25) is 0 Å². The molecule has 0 amide bonds. The normalized spacial score (nSPS) is 11.0. The Morgan fingerprint density at radius 2 is 1.79 bits per heavy atom. The first-order valence-corrected chi connectivity index (χ1v) is 10.1. The van der Waals surface area contributed by atoms with Crippen LogP contribution in [0.1, 0.15) is 22.6 Å². The van der Waals surface area contributed by atoms with Gasteiger partial charge >= 0.3 is 0 Å². The van der Waals surface area contributed by atoms with Gasteiger partial charge in [-0.1, -0.05) is 65.4 Å². The van der Waals surface area contributed by atoms with Crippen LogP contribution in [0.15, 0.2) is 64.3 Å².